The number of nitrogens with zero attached hydrogens (tertiary/aromatic N) is 2. The third-order valence-corrected chi connectivity index (χ3v) is 2.93. The van der Waals surface area contributed by atoms with E-state index in [2.05, 4.69) is 4.98 Å². The molecular formula is C12H11ClF4N2. The molecule has 0 bridgehead atoms. The molecule has 19 heavy (non-hydrogen) atoms. The van der Waals surface area contributed by atoms with Gasteiger partial charge in [-0.1, -0.05) is 6.07 Å². The van der Waals surface area contributed by atoms with Crippen LogP contribution in [-0.4, -0.2) is 15.7 Å². The Morgan fingerprint density at radius 3 is 2.63 bits per heavy atom. The van der Waals surface area contributed by atoms with E-state index in [9.17, 15) is 17.6 Å². The highest BCUT2D eigenvalue weighted by molar-refractivity contribution is 6.20. The van der Waals surface area contributed by atoms with E-state index < -0.39 is 23.8 Å². The lowest BCUT2D eigenvalue weighted by Crippen LogP contribution is -2.14. The third kappa shape index (κ3) is 3.00. The van der Waals surface area contributed by atoms with E-state index in [-0.39, 0.29) is 17.9 Å². The fourth-order valence-electron chi connectivity index (χ4n) is 1.91. The van der Waals surface area contributed by atoms with Crippen LogP contribution < -0.4 is 0 Å². The first-order valence-electron chi connectivity index (χ1n) is 5.65. The van der Waals surface area contributed by atoms with Crippen LogP contribution in [0.5, 0.6) is 0 Å². The Kier molecular flexibility index (Phi) is 3.71. The summed E-state index contributed by atoms with van der Waals surface area (Å²) < 4.78 is 51.9. The van der Waals surface area contributed by atoms with E-state index in [1.807, 2.05) is 0 Å². The molecule has 2 nitrogen and oxygen atoms in total. The van der Waals surface area contributed by atoms with Crippen molar-refractivity contribution in [2.75, 3.05) is 0 Å². The van der Waals surface area contributed by atoms with E-state index >= 15 is 0 Å². The highest BCUT2D eigenvalue weighted by Crippen LogP contribution is 2.28. The molecule has 0 saturated carbocycles. The Bertz CT molecular complexity index is 589. The normalized spacial score (nSPS) is 14.0. The molecule has 7 heteroatoms. The van der Waals surface area contributed by atoms with Crippen molar-refractivity contribution >= 4 is 22.6 Å². The van der Waals surface area contributed by atoms with Gasteiger partial charge in [-0.25, -0.2) is 9.37 Å². The SMILES string of the molecule is CC(Cl)c1nc2c(F)cccc2n1CCC(F)(F)F. The Morgan fingerprint density at radius 2 is 2.05 bits per heavy atom. The Balaban J connectivity index is 2.50. The maximum Gasteiger partial charge on any atom is 0.390 e. The third-order valence-electron chi connectivity index (χ3n) is 2.73. The fraction of sp³-hybridized carbons (Fsp3) is 0.417. The van der Waals surface area contributed by atoms with Crippen molar-refractivity contribution in [3.05, 3.63) is 29.8 Å². The first-order chi connectivity index (χ1) is 8.79. The summed E-state index contributed by atoms with van der Waals surface area (Å²) in [4.78, 5) is 4.00. The van der Waals surface area contributed by atoms with Crippen LogP contribution in [0, 0.1) is 5.82 Å². The summed E-state index contributed by atoms with van der Waals surface area (Å²) in [5, 5.41) is -0.597. The number of hydrogen-bond acceptors (Lipinski definition) is 1. The van der Waals surface area contributed by atoms with Crippen LogP contribution in [0.15, 0.2) is 18.2 Å². The van der Waals surface area contributed by atoms with Crippen LogP contribution in [0.3, 0.4) is 0 Å². The second-order valence-corrected chi connectivity index (χ2v) is 4.87. The average molecular weight is 295 g/mol. The number of aromatic nitrogens is 2. The van der Waals surface area contributed by atoms with Crippen molar-refractivity contribution in [3.8, 4) is 0 Å². The predicted molar refractivity (Wildman–Crippen MR) is 64.6 cm³/mol. The topological polar surface area (TPSA) is 17.8 Å². The molecule has 1 unspecified atom stereocenters. The predicted octanol–water partition coefficient (Wildman–Crippen LogP) is 4.43. The van der Waals surface area contributed by atoms with Crippen molar-refractivity contribution < 1.29 is 17.6 Å². The zero-order chi connectivity index (χ0) is 14.2. The molecule has 0 aliphatic rings. The minimum atomic E-state index is -4.28. The fourth-order valence-corrected chi connectivity index (χ4v) is 2.07. The van der Waals surface area contributed by atoms with Crippen LogP contribution in [0.1, 0.15) is 24.5 Å². The van der Waals surface area contributed by atoms with Gasteiger partial charge >= 0.3 is 6.18 Å². The van der Waals surface area contributed by atoms with Gasteiger partial charge in [-0.15, -0.1) is 11.6 Å². The van der Waals surface area contributed by atoms with E-state index in [1.165, 1.54) is 22.8 Å². The molecule has 1 heterocycles. The average Bonchev–Trinajstić information content (AvgIpc) is 2.66. The van der Waals surface area contributed by atoms with Crippen LogP contribution >= 0.6 is 11.6 Å². The number of fused-ring (bicyclic) bond motifs is 1. The van der Waals surface area contributed by atoms with E-state index in [0.29, 0.717) is 5.52 Å². The molecule has 0 fully saturated rings. The van der Waals surface area contributed by atoms with Gasteiger partial charge in [-0.2, -0.15) is 13.2 Å². The molecule has 104 valence electrons. The molecule has 0 spiro atoms. The van der Waals surface area contributed by atoms with Crippen LogP contribution in [0.25, 0.3) is 11.0 Å². The Labute approximate surface area is 112 Å². The summed E-state index contributed by atoms with van der Waals surface area (Å²) in [6.45, 7) is 1.26. The lowest BCUT2D eigenvalue weighted by atomic mass is 10.3. The highest BCUT2D eigenvalue weighted by Gasteiger charge is 2.28. The smallest absolute Gasteiger partial charge is 0.326 e. The van der Waals surface area contributed by atoms with Gasteiger partial charge in [0.1, 0.15) is 11.3 Å². The van der Waals surface area contributed by atoms with Gasteiger partial charge in [0.05, 0.1) is 17.3 Å². The van der Waals surface area contributed by atoms with Crippen LogP contribution in [-0.2, 0) is 6.54 Å². The largest absolute Gasteiger partial charge is 0.390 e. The maximum absolute atomic E-state index is 13.6. The first kappa shape index (κ1) is 14.1. The molecule has 0 aliphatic heterocycles. The molecular weight excluding hydrogens is 284 g/mol. The monoisotopic (exact) mass is 294 g/mol. The number of aryl methyl sites for hydroxylation is 1. The van der Waals surface area contributed by atoms with Gasteiger partial charge in [0.25, 0.3) is 0 Å². The summed E-state index contributed by atoms with van der Waals surface area (Å²) in [5.74, 6) is -0.326. The lowest BCUT2D eigenvalue weighted by Gasteiger charge is -2.12. The van der Waals surface area contributed by atoms with Crippen LogP contribution in [0.2, 0.25) is 0 Å². The van der Waals surface area contributed by atoms with Crippen molar-refractivity contribution in [2.45, 2.75) is 31.4 Å². The van der Waals surface area contributed by atoms with Gasteiger partial charge in [-0.3, -0.25) is 0 Å². The molecule has 0 radical (unpaired) electrons. The second kappa shape index (κ2) is 5.00. The summed E-state index contributed by atoms with van der Waals surface area (Å²) in [6, 6.07) is 4.18. The molecule has 0 amide bonds. The highest BCUT2D eigenvalue weighted by atomic mass is 35.5. The number of para-hydroxylation sites is 1. The Hall–Kier alpha value is -1.30. The minimum Gasteiger partial charge on any atom is -0.326 e. The van der Waals surface area contributed by atoms with E-state index in [4.69, 9.17) is 11.6 Å². The summed E-state index contributed by atoms with van der Waals surface area (Å²) >= 11 is 5.90. The van der Waals surface area contributed by atoms with Gasteiger partial charge < -0.3 is 4.57 Å². The number of hydrogen-bond donors (Lipinski definition) is 0. The van der Waals surface area contributed by atoms with Gasteiger partial charge in [0.15, 0.2) is 5.82 Å². The number of halogens is 5. The standard InChI is InChI=1S/C12H11ClF4N2/c1-7(13)11-18-10-8(14)3-2-4-9(10)19(11)6-5-12(15,16)17/h2-4,7H,5-6H2,1H3. The van der Waals surface area contributed by atoms with E-state index in [0.717, 1.165) is 0 Å². The molecule has 1 atom stereocenters. The first-order valence-corrected chi connectivity index (χ1v) is 6.08. The zero-order valence-electron chi connectivity index (χ0n) is 10.0. The van der Waals surface area contributed by atoms with Crippen molar-refractivity contribution in [1.82, 2.24) is 9.55 Å². The Morgan fingerprint density at radius 1 is 1.37 bits per heavy atom. The minimum absolute atomic E-state index is 0.0483. The molecule has 0 N–H and O–H groups in total. The van der Waals surface area contributed by atoms with Crippen molar-refractivity contribution in [1.29, 1.82) is 0 Å². The number of rotatable bonds is 3. The number of alkyl halides is 4. The maximum atomic E-state index is 13.6. The molecule has 1 aromatic heterocycles. The molecule has 2 aromatic rings. The lowest BCUT2D eigenvalue weighted by molar-refractivity contribution is -0.136. The van der Waals surface area contributed by atoms with Gasteiger partial charge in [0.2, 0.25) is 0 Å². The van der Waals surface area contributed by atoms with Crippen molar-refractivity contribution in [3.63, 3.8) is 0 Å². The van der Waals surface area contributed by atoms with Crippen LogP contribution in [0.4, 0.5) is 17.6 Å². The summed E-state index contributed by atoms with van der Waals surface area (Å²) in [7, 11) is 0. The number of benzene rings is 1. The van der Waals surface area contributed by atoms with E-state index in [1.54, 1.807) is 6.92 Å². The summed E-state index contributed by atoms with van der Waals surface area (Å²) in [5.41, 5.74) is 0.374. The van der Waals surface area contributed by atoms with Gasteiger partial charge in [-0.05, 0) is 19.1 Å². The quantitative estimate of drug-likeness (QED) is 0.605. The van der Waals surface area contributed by atoms with Gasteiger partial charge in [0, 0.05) is 6.54 Å². The summed E-state index contributed by atoms with van der Waals surface area (Å²) in [6.07, 6.45) is -5.29. The molecule has 0 saturated heterocycles. The molecule has 2 rings (SSSR count). The zero-order valence-corrected chi connectivity index (χ0v) is 10.8. The second-order valence-electron chi connectivity index (χ2n) is 4.21. The molecule has 0 aliphatic carbocycles. The number of imidazole rings is 1. The van der Waals surface area contributed by atoms with Crippen molar-refractivity contribution in [2.24, 2.45) is 0 Å². The molecule has 1 aromatic carbocycles.